The number of hydrogen-bond donors (Lipinski definition) is 1. The molecule has 1 atom stereocenters. The average molecular weight is 352 g/mol. The van der Waals surface area contributed by atoms with Crippen molar-refractivity contribution in [3.63, 3.8) is 0 Å². The molecule has 0 saturated carbocycles. The second kappa shape index (κ2) is 5.30. The van der Waals surface area contributed by atoms with Gasteiger partial charge in [0.15, 0.2) is 0 Å². The molecule has 0 saturated heterocycles. The molecule has 1 aromatic carbocycles. The van der Waals surface area contributed by atoms with Crippen molar-refractivity contribution >= 4 is 33.2 Å². The minimum atomic E-state index is -0.714. The molecule has 0 fully saturated rings. The standard InChI is InChI=1S/C15H14BrNO2S/c1-8-10-3-2-9(6-14(18)19)12(10)5-4-11(8)15-17-7-13(16)20-15/h4-5,7,9H,2-3,6H2,1H3,(H,18,19)/t9-/m1/s1. The lowest BCUT2D eigenvalue weighted by Crippen LogP contribution is -2.03. The first kappa shape index (κ1) is 13.8. The van der Waals surface area contributed by atoms with Crippen LogP contribution in [0.15, 0.2) is 22.1 Å². The van der Waals surface area contributed by atoms with Gasteiger partial charge in [-0.1, -0.05) is 12.1 Å². The number of fused-ring (bicyclic) bond motifs is 1. The van der Waals surface area contributed by atoms with Gasteiger partial charge in [0.2, 0.25) is 0 Å². The van der Waals surface area contributed by atoms with Gasteiger partial charge < -0.3 is 5.11 Å². The first-order valence-electron chi connectivity index (χ1n) is 6.52. The van der Waals surface area contributed by atoms with E-state index in [9.17, 15) is 4.79 Å². The number of aliphatic carboxylic acids is 1. The number of carboxylic acid groups (broad SMARTS) is 1. The van der Waals surface area contributed by atoms with Crippen LogP contribution >= 0.6 is 27.3 Å². The van der Waals surface area contributed by atoms with Crippen LogP contribution in [0.25, 0.3) is 10.6 Å². The summed E-state index contributed by atoms with van der Waals surface area (Å²) in [7, 11) is 0. The average Bonchev–Trinajstić information content (AvgIpc) is 2.97. The third-order valence-electron chi connectivity index (χ3n) is 3.95. The zero-order valence-corrected chi connectivity index (χ0v) is 13.4. The van der Waals surface area contributed by atoms with Crippen LogP contribution < -0.4 is 0 Å². The van der Waals surface area contributed by atoms with E-state index < -0.39 is 5.97 Å². The summed E-state index contributed by atoms with van der Waals surface area (Å²) in [6.07, 6.45) is 3.96. The van der Waals surface area contributed by atoms with Crippen LogP contribution in [-0.2, 0) is 11.2 Å². The molecule has 1 N–H and O–H groups in total. The molecule has 0 unspecified atom stereocenters. The van der Waals surface area contributed by atoms with Crippen molar-refractivity contribution in [3.8, 4) is 10.6 Å². The normalized spacial score (nSPS) is 17.2. The van der Waals surface area contributed by atoms with E-state index in [2.05, 4.69) is 40.0 Å². The van der Waals surface area contributed by atoms with E-state index in [1.54, 1.807) is 11.3 Å². The van der Waals surface area contributed by atoms with E-state index in [-0.39, 0.29) is 12.3 Å². The SMILES string of the molecule is Cc1c(-c2ncc(Br)s2)ccc2c1CC[C@@H]2CC(=O)O. The van der Waals surface area contributed by atoms with Gasteiger partial charge in [-0.15, -0.1) is 11.3 Å². The van der Waals surface area contributed by atoms with Crippen LogP contribution in [0.2, 0.25) is 0 Å². The Hall–Kier alpha value is -1.20. The molecule has 1 aromatic heterocycles. The number of nitrogens with zero attached hydrogens (tertiary/aromatic N) is 1. The van der Waals surface area contributed by atoms with Crippen molar-refractivity contribution < 1.29 is 9.90 Å². The van der Waals surface area contributed by atoms with E-state index in [1.165, 1.54) is 16.7 Å². The zero-order chi connectivity index (χ0) is 14.3. The van der Waals surface area contributed by atoms with Crippen LogP contribution in [0.3, 0.4) is 0 Å². The maximum atomic E-state index is 10.9. The summed E-state index contributed by atoms with van der Waals surface area (Å²) in [6.45, 7) is 2.12. The molecule has 0 amide bonds. The topological polar surface area (TPSA) is 50.2 Å². The van der Waals surface area contributed by atoms with Gasteiger partial charge in [-0.2, -0.15) is 0 Å². The molecule has 3 nitrogen and oxygen atoms in total. The number of thiazole rings is 1. The molecular formula is C15H14BrNO2S. The van der Waals surface area contributed by atoms with E-state index in [0.29, 0.717) is 0 Å². The van der Waals surface area contributed by atoms with Crippen molar-refractivity contribution in [2.45, 2.75) is 32.1 Å². The summed E-state index contributed by atoms with van der Waals surface area (Å²) in [5.41, 5.74) is 4.94. The van der Waals surface area contributed by atoms with Gasteiger partial charge >= 0.3 is 5.97 Å². The minimum absolute atomic E-state index is 0.165. The number of aromatic nitrogens is 1. The van der Waals surface area contributed by atoms with Gasteiger partial charge in [-0.25, -0.2) is 4.98 Å². The number of carboxylic acids is 1. The maximum absolute atomic E-state index is 10.9. The number of carbonyl (C=O) groups is 1. The summed E-state index contributed by atoms with van der Waals surface area (Å²) in [6, 6.07) is 4.17. The van der Waals surface area contributed by atoms with E-state index in [1.807, 2.05) is 6.20 Å². The Balaban J connectivity index is 2.01. The summed E-state index contributed by atoms with van der Waals surface area (Å²) >= 11 is 5.07. The molecule has 1 aliphatic carbocycles. The predicted molar refractivity (Wildman–Crippen MR) is 83.3 cm³/mol. The highest BCUT2D eigenvalue weighted by atomic mass is 79.9. The third-order valence-corrected chi connectivity index (χ3v) is 5.46. The Labute approximate surface area is 129 Å². The van der Waals surface area contributed by atoms with Gasteiger partial charge in [-0.05, 0) is 58.3 Å². The lowest BCUT2D eigenvalue weighted by molar-refractivity contribution is -0.137. The van der Waals surface area contributed by atoms with Crippen LogP contribution in [0, 0.1) is 6.92 Å². The molecule has 1 heterocycles. The maximum Gasteiger partial charge on any atom is 0.303 e. The van der Waals surface area contributed by atoms with Crippen molar-refractivity contribution in [2.24, 2.45) is 0 Å². The fourth-order valence-corrected chi connectivity index (χ4v) is 4.29. The Morgan fingerprint density at radius 2 is 2.35 bits per heavy atom. The largest absolute Gasteiger partial charge is 0.481 e. The first-order chi connectivity index (χ1) is 9.56. The molecule has 1 aliphatic rings. The molecule has 0 aliphatic heterocycles. The first-order valence-corrected chi connectivity index (χ1v) is 8.13. The Bertz CT molecular complexity index is 681. The quantitative estimate of drug-likeness (QED) is 0.892. The van der Waals surface area contributed by atoms with Gasteiger partial charge in [0.05, 0.1) is 16.4 Å². The highest BCUT2D eigenvalue weighted by Crippen LogP contribution is 2.41. The van der Waals surface area contributed by atoms with Crippen LogP contribution in [-0.4, -0.2) is 16.1 Å². The predicted octanol–water partition coefficient (Wildman–Crippen LogP) is 4.39. The minimum Gasteiger partial charge on any atom is -0.481 e. The van der Waals surface area contributed by atoms with Crippen LogP contribution in [0.5, 0.6) is 0 Å². The smallest absolute Gasteiger partial charge is 0.303 e. The molecule has 5 heteroatoms. The van der Waals surface area contributed by atoms with Crippen molar-refractivity contribution in [1.29, 1.82) is 0 Å². The summed E-state index contributed by atoms with van der Waals surface area (Å²) in [4.78, 5) is 15.3. The summed E-state index contributed by atoms with van der Waals surface area (Å²) in [5, 5.41) is 10.0. The van der Waals surface area contributed by atoms with Gasteiger partial charge in [0, 0.05) is 5.56 Å². The van der Waals surface area contributed by atoms with Gasteiger partial charge in [0.1, 0.15) is 5.01 Å². The lowest BCUT2D eigenvalue weighted by Gasteiger charge is -2.12. The summed E-state index contributed by atoms with van der Waals surface area (Å²) < 4.78 is 1.02. The van der Waals surface area contributed by atoms with Crippen molar-refractivity contribution in [1.82, 2.24) is 4.98 Å². The number of halogens is 1. The van der Waals surface area contributed by atoms with Gasteiger partial charge in [-0.3, -0.25) is 4.79 Å². The molecule has 3 rings (SSSR count). The second-order valence-electron chi connectivity index (χ2n) is 5.11. The molecular weight excluding hydrogens is 338 g/mol. The molecule has 104 valence electrons. The van der Waals surface area contributed by atoms with Crippen molar-refractivity contribution in [3.05, 3.63) is 38.8 Å². The monoisotopic (exact) mass is 351 g/mol. The third kappa shape index (κ3) is 2.40. The van der Waals surface area contributed by atoms with Crippen LogP contribution in [0.1, 0.15) is 35.4 Å². The van der Waals surface area contributed by atoms with Crippen LogP contribution in [0.4, 0.5) is 0 Å². The van der Waals surface area contributed by atoms with Gasteiger partial charge in [0.25, 0.3) is 0 Å². The highest BCUT2D eigenvalue weighted by Gasteiger charge is 2.27. The lowest BCUT2D eigenvalue weighted by atomic mass is 9.94. The van der Waals surface area contributed by atoms with E-state index in [0.717, 1.165) is 27.2 Å². The number of hydrogen-bond acceptors (Lipinski definition) is 3. The Morgan fingerprint density at radius 3 is 3.00 bits per heavy atom. The fourth-order valence-electron chi connectivity index (χ4n) is 3.00. The Kier molecular flexibility index (Phi) is 3.65. The second-order valence-corrected chi connectivity index (χ2v) is 7.52. The molecule has 0 spiro atoms. The molecule has 20 heavy (non-hydrogen) atoms. The van der Waals surface area contributed by atoms with E-state index in [4.69, 9.17) is 5.11 Å². The Morgan fingerprint density at radius 1 is 1.55 bits per heavy atom. The number of benzene rings is 1. The number of rotatable bonds is 3. The highest BCUT2D eigenvalue weighted by molar-refractivity contribution is 9.11. The zero-order valence-electron chi connectivity index (χ0n) is 11.0. The van der Waals surface area contributed by atoms with Crippen molar-refractivity contribution in [2.75, 3.05) is 0 Å². The molecule has 2 aromatic rings. The van der Waals surface area contributed by atoms with E-state index >= 15 is 0 Å². The molecule has 0 radical (unpaired) electrons. The fraction of sp³-hybridized carbons (Fsp3) is 0.333. The molecule has 0 bridgehead atoms. The summed E-state index contributed by atoms with van der Waals surface area (Å²) in [5.74, 6) is -0.549.